The first kappa shape index (κ1) is 22.9. The molecular weight excluding hydrogens is 460 g/mol. The maximum atomic E-state index is 13.0. The van der Waals surface area contributed by atoms with Crippen molar-refractivity contribution in [2.45, 2.75) is 19.4 Å². The third kappa shape index (κ3) is 5.00. The van der Waals surface area contributed by atoms with Crippen molar-refractivity contribution in [1.82, 2.24) is 4.98 Å². The standard InChI is InChI=1S/C28H26N2O4S/c1-19-28(31)30(15-6-16-33-23-12-10-22(32-2)11-13-23)25-17-21(9-14-26(25)34-19)24-18-35-27(29-24)20-7-4-3-5-8-20/h3-5,7-14,17-19H,6,15-16H2,1-2H3. The number of benzene rings is 3. The van der Waals surface area contributed by atoms with E-state index in [4.69, 9.17) is 19.2 Å². The van der Waals surface area contributed by atoms with Gasteiger partial charge in [-0.1, -0.05) is 30.3 Å². The third-order valence-corrected chi connectivity index (χ3v) is 6.73. The van der Waals surface area contributed by atoms with E-state index < -0.39 is 6.10 Å². The Morgan fingerprint density at radius 1 is 1.00 bits per heavy atom. The number of thiazole rings is 1. The molecule has 1 amide bonds. The molecule has 0 saturated carbocycles. The molecule has 1 aromatic heterocycles. The highest BCUT2D eigenvalue weighted by molar-refractivity contribution is 7.13. The van der Waals surface area contributed by atoms with Gasteiger partial charge in [0.25, 0.3) is 5.91 Å². The van der Waals surface area contributed by atoms with Crippen LogP contribution in [0.3, 0.4) is 0 Å². The van der Waals surface area contributed by atoms with E-state index in [9.17, 15) is 4.79 Å². The van der Waals surface area contributed by atoms with Gasteiger partial charge in [0.1, 0.15) is 22.3 Å². The van der Waals surface area contributed by atoms with Crippen molar-refractivity contribution in [3.63, 3.8) is 0 Å². The summed E-state index contributed by atoms with van der Waals surface area (Å²) in [5.74, 6) is 2.21. The average molecular weight is 487 g/mol. The quantitative estimate of drug-likeness (QED) is 0.283. The number of aromatic nitrogens is 1. The summed E-state index contributed by atoms with van der Waals surface area (Å²) >= 11 is 1.61. The summed E-state index contributed by atoms with van der Waals surface area (Å²) in [5, 5.41) is 3.01. The first-order valence-corrected chi connectivity index (χ1v) is 12.4. The minimum absolute atomic E-state index is 0.0534. The number of carbonyl (C=O) groups excluding carboxylic acids is 1. The molecule has 5 rings (SSSR count). The van der Waals surface area contributed by atoms with E-state index in [2.05, 4.69) is 12.1 Å². The van der Waals surface area contributed by atoms with Crippen molar-refractivity contribution in [3.05, 3.63) is 78.2 Å². The van der Waals surface area contributed by atoms with Gasteiger partial charge in [0.05, 0.1) is 25.1 Å². The van der Waals surface area contributed by atoms with Crippen molar-refractivity contribution >= 4 is 22.9 Å². The molecule has 0 aliphatic carbocycles. The Morgan fingerprint density at radius 3 is 2.54 bits per heavy atom. The van der Waals surface area contributed by atoms with E-state index >= 15 is 0 Å². The molecule has 178 valence electrons. The molecule has 35 heavy (non-hydrogen) atoms. The molecule has 0 bridgehead atoms. The predicted molar refractivity (Wildman–Crippen MR) is 139 cm³/mol. The number of methoxy groups -OCH3 is 1. The molecule has 6 nitrogen and oxygen atoms in total. The highest BCUT2D eigenvalue weighted by Crippen LogP contribution is 2.38. The van der Waals surface area contributed by atoms with Gasteiger partial charge in [-0.15, -0.1) is 11.3 Å². The molecule has 0 spiro atoms. The fraction of sp³-hybridized carbons (Fsp3) is 0.214. The number of carbonyl (C=O) groups is 1. The van der Waals surface area contributed by atoms with E-state index in [0.29, 0.717) is 25.3 Å². The number of anilines is 1. The average Bonchev–Trinajstić information content (AvgIpc) is 3.40. The summed E-state index contributed by atoms with van der Waals surface area (Å²) in [6, 6.07) is 23.5. The summed E-state index contributed by atoms with van der Waals surface area (Å²) in [6.07, 6.45) is 0.156. The molecule has 1 aliphatic heterocycles. The van der Waals surface area contributed by atoms with Gasteiger partial charge in [-0.05, 0) is 55.8 Å². The fourth-order valence-corrected chi connectivity index (χ4v) is 4.84. The van der Waals surface area contributed by atoms with Crippen molar-refractivity contribution in [1.29, 1.82) is 0 Å². The zero-order valence-corrected chi connectivity index (χ0v) is 20.5. The normalized spacial score (nSPS) is 14.9. The van der Waals surface area contributed by atoms with Crippen LogP contribution in [0.25, 0.3) is 21.8 Å². The summed E-state index contributed by atoms with van der Waals surface area (Å²) < 4.78 is 16.9. The van der Waals surface area contributed by atoms with E-state index in [0.717, 1.165) is 39.0 Å². The smallest absolute Gasteiger partial charge is 0.267 e. The van der Waals surface area contributed by atoms with Gasteiger partial charge in [-0.25, -0.2) is 4.98 Å². The van der Waals surface area contributed by atoms with Crippen LogP contribution in [0.1, 0.15) is 13.3 Å². The molecule has 1 atom stereocenters. The Morgan fingerprint density at radius 2 is 1.77 bits per heavy atom. The lowest BCUT2D eigenvalue weighted by molar-refractivity contribution is -0.125. The fourth-order valence-electron chi connectivity index (χ4n) is 4.00. The Bertz CT molecular complexity index is 1300. The van der Waals surface area contributed by atoms with Gasteiger partial charge >= 0.3 is 0 Å². The van der Waals surface area contributed by atoms with Crippen molar-refractivity contribution in [2.75, 3.05) is 25.2 Å². The van der Waals surface area contributed by atoms with Gasteiger partial charge in [0, 0.05) is 23.1 Å². The molecule has 7 heteroatoms. The number of rotatable bonds is 8. The highest BCUT2D eigenvalue weighted by atomic mass is 32.1. The molecular formula is C28H26N2O4S. The number of fused-ring (bicyclic) bond motifs is 1. The van der Waals surface area contributed by atoms with Crippen molar-refractivity contribution < 1.29 is 19.0 Å². The van der Waals surface area contributed by atoms with Crippen LogP contribution in [0, 0.1) is 0 Å². The Balaban J connectivity index is 1.31. The summed E-state index contributed by atoms with van der Waals surface area (Å²) in [5.41, 5.74) is 3.69. The predicted octanol–water partition coefficient (Wildman–Crippen LogP) is 6.07. The highest BCUT2D eigenvalue weighted by Gasteiger charge is 2.31. The third-order valence-electron chi connectivity index (χ3n) is 5.84. The largest absolute Gasteiger partial charge is 0.497 e. The molecule has 2 heterocycles. The number of amides is 1. The molecule has 1 aliphatic rings. The molecule has 4 aromatic rings. The first-order chi connectivity index (χ1) is 17.1. The number of ether oxygens (including phenoxy) is 3. The van der Waals surface area contributed by atoms with Crippen molar-refractivity contribution in [3.8, 4) is 39.1 Å². The minimum Gasteiger partial charge on any atom is -0.497 e. The van der Waals surface area contributed by atoms with Crippen molar-refractivity contribution in [2.24, 2.45) is 0 Å². The molecule has 3 aromatic carbocycles. The zero-order chi connectivity index (χ0) is 24.2. The second-order valence-corrected chi connectivity index (χ2v) is 9.07. The second kappa shape index (κ2) is 10.2. The molecule has 0 saturated heterocycles. The van der Waals surface area contributed by atoms with Gasteiger partial charge in [0.15, 0.2) is 6.10 Å². The van der Waals surface area contributed by atoms with E-state index in [1.807, 2.05) is 66.0 Å². The maximum absolute atomic E-state index is 13.0. The van der Waals surface area contributed by atoms with Crippen LogP contribution in [-0.4, -0.2) is 37.3 Å². The zero-order valence-electron chi connectivity index (χ0n) is 19.6. The molecule has 0 radical (unpaired) electrons. The van der Waals surface area contributed by atoms with Gasteiger partial charge in [0.2, 0.25) is 0 Å². The Labute approximate surface area is 208 Å². The van der Waals surface area contributed by atoms with E-state index in [-0.39, 0.29) is 5.91 Å². The van der Waals surface area contributed by atoms with Crippen LogP contribution in [0.4, 0.5) is 5.69 Å². The molecule has 1 unspecified atom stereocenters. The Kier molecular flexibility index (Phi) is 6.68. The van der Waals surface area contributed by atoms with Gasteiger partial charge in [-0.3, -0.25) is 4.79 Å². The van der Waals surface area contributed by atoms with Crippen LogP contribution < -0.4 is 19.1 Å². The lowest BCUT2D eigenvalue weighted by Gasteiger charge is -2.33. The monoisotopic (exact) mass is 486 g/mol. The summed E-state index contributed by atoms with van der Waals surface area (Å²) in [4.78, 5) is 19.6. The second-order valence-electron chi connectivity index (χ2n) is 8.21. The molecule has 0 N–H and O–H groups in total. The van der Waals surface area contributed by atoms with E-state index in [1.54, 1.807) is 30.3 Å². The van der Waals surface area contributed by atoms with Crippen LogP contribution in [0.5, 0.6) is 17.2 Å². The van der Waals surface area contributed by atoms with E-state index in [1.165, 1.54) is 0 Å². The van der Waals surface area contributed by atoms with Gasteiger partial charge in [-0.2, -0.15) is 0 Å². The first-order valence-electron chi connectivity index (χ1n) is 11.5. The lowest BCUT2D eigenvalue weighted by atomic mass is 10.1. The number of hydrogen-bond donors (Lipinski definition) is 0. The summed E-state index contributed by atoms with van der Waals surface area (Å²) in [6.45, 7) is 2.81. The SMILES string of the molecule is COc1ccc(OCCCN2C(=O)C(C)Oc3ccc(-c4csc(-c5ccccc5)n4)cc32)cc1. The molecule has 0 fully saturated rings. The van der Waals surface area contributed by atoms with Crippen LogP contribution in [0.15, 0.2) is 78.2 Å². The minimum atomic E-state index is -0.528. The Hall–Kier alpha value is -3.84. The van der Waals surface area contributed by atoms with Crippen LogP contribution in [0.2, 0.25) is 0 Å². The van der Waals surface area contributed by atoms with Gasteiger partial charge < -0.3 is 19.1 Å². The maximum Gasteiger partial charge on any atom is 0.267 e. The summed E-state index contributed by atoms with van der Waals surface area (Å²) in [7, 11) is 1.64. The van der Waals surface area contributed by atoms with Crippen LogP contribution >= 0.6 is 11.3 Å². The number of hydrogen-bond acceptors (Lipinski definition) is 6. The lowest BCUT2D eigenvalue weighted by Crippen LogP contribution is -2.45. The topological polar surface area (TPSA) is 60.9 Å². The number of nitrogens with zero attached hydrogens (tertiary/aromatic N) is 2. The van der Waals surface area contributed by atoms with Crippen LogP contribution in [-0.2, 0) is 4.79 Å².